The standard InChI is InChI=1S/C24H23Cl2N3O5/c1-4-33-24(31)14(2)34-22-9-8-17(13-27-22)29-23(30)21(32-3)7-5-6-16-10-15-11-18(25)19(26)12-20(15)28-16/h5-14,28H,4H2,1-3H3,(H,29,30)/t14-/m0/s1. The van der Waals surface area contributed by atoms with E-state index < -0.39 is 18.0 Å². The summed E-state index contributed by atoms with van der Waals surface area (Å²) in [4.78, 5) is 31.5. The third-order valence-corrected chi connectivity index (χ3v) is 5.28. The number of nitrogens with zero attached hydrogens (tertiary/aromatic N) is 1. The molecule has 1 atom stereocenters. The molecule has 0 bridgehead atoms. The summed E-state index contributed by atoms with van der Waals surface area (Å²) >= 11 is 12.1. The highest BCUT2D eigenvalue weighted by molar-refractivity contribution is 6.42. The largest absolute Gasteiger partial charge is 0.491 e. The van der Waals surface area contributed by atoms with Gasteiger partial charge in [-0.1, -0.05) is 29.3 Å². The molecule has 0 fully saturated rings. The van der Waals surface area contributed by atoms with Crippen LogP contribution in [-0.2, 0) is 19.1 Å². The molecule has 0 aliphatic heterocycles. The van der Waals surface area contributed by atoms with Gasteiger partial charge in [-0.15, -0.1) is 0 Å². The van der Waals surface area contributed by atoms with Crippen molar-refractivity contribution >= 4 is 57.7 Å². The molecule has 0 saturated carbocycles. The first-order valence-corrected chi connectivity index (χ1v) is 11.1. The van der Waals surface area contributed by atoms with Crippen molar-refractivity contribution in [2.75, 3.05) is 19.0 Å². The Morgan fingerprint density at radius 2 is 1.97 bits per heavy atom. The molecule has 1 aromatic carbocycles. The lowest BCUT2D eigenvalue weighted by atomic mass is 10.2. The van der Waals surface area contributed by atoms with Gasteiger partial charge in [0.05, 0.1) is 35.6 Å². The van der Waals surface area contributed by atoms with Crippen LogP contribution in [0.3, 0.4) is 0 Å². The van der Waals surface area contributed by atoms with Gasteiger partial charge in [0.2, 0.25) is 5.88 Å². The number of H-pyrrole nitrogens is 1. The highest BCUT2D eigenvalue weighted by Gasteiger charge is 2.16. The monoisotopic (exact) mass is 503 g/mol. The minimum absolute atomic E-state index is 0.0923. The summed E-state index contributed by atoms with van der Waals surface area (Å²) in [6.45, 7) is 3.55. The zero-order chi connectivity index (χ0) is 24.7. The number of hydrogen-bond donors (Lipinski definition) is 2. The van der Waals surface area contributed by atoms with E-state index in [-0.39, 0.29) is 18.2 Å². The second-order valence-electron chi connectivity index (χ2n) is 7.02. The number of fused-ring (bicyclic) bond motifs is 1. The van der Waals surface area contributed by atoms with Gasteiger partial charge in [0, 0.05) is 22.7 Å². The molecular formula is C24H23Cl2N3O5. The van der Waals surface area contributed by atoms with Gasteiger partial charge >= 0.3 is 5.97 Å². The Bertz CT molecular complexity index is 1200. The third-order valence-electron chi connectivity index (χ3n) is 4.56. The SMILES string of the molecule is CCOC(=O)[C@H](C)Oc1ccc(NC(=O)C(=CC=Cc2cc3cc(Cl)c(Cl)cc3[nH]2)OC)cn1. The number of carbonyl (C=O) groups excluding carboxylic acids is 2. The van der Waals surface area contributed by atoms with E-state index in [0.717, 1.165) is 16.6 Å². The number of amides is 1. The Labute approximate surface area is 206 Å². The summed E-state index contributed by atoms with van der Waals surface area (Å²) in [5.41, 5.74) is 2.08. The first-order chi connectivity index (χ1) is 16.3. The van der Waals surface area contributed by atoms with Crippen LogP contribution in [0.1, 0.15) is 19.5 Å². The molecule has 2 N–H and O–H groups in total. The molecule has 2 heterocycles. The number of benzene rings is 1. The van der Waals surface area contributed by atoms with E-state index in [0.29, 0.717) is 15.7 Å². The number of aromatic amines is 1. The van der Waals surface area contributed by atoms with Crippen molar-refractivity contribution in [2.45, 2.75) is 20.0 Å². The quantitative estimate of drug-likeness (QED) is 0.176. The van der Waals surface area contributed by atoms with E-state index in [1.807, 2.05) is 6.07 Å². The van der Waals surface area contributed by atoms with Crippen LogP contribution in [0, 0.1) is 0 Å². The number of rotatable bonds is 9. The Morgan fingerprint density at radius 1 is 1.21 bits per heavy atom. The van der Waals surface area contributed by atoms with Crippen molar-refractivity contribution in [1.29, 1.82) is 0 Å². The Morgan fingerprint density at radius 3 is 2.65 bits per heavy atom. The summed E-state index contributed by atoms with van der Waals surface area (Å²) in [5.74, 6) is -0.623. The number of allylic oxidation sites excluding steroid dienone is 2. The second-order valence-corrected chi connectivity index (χ2v) is 7.84. The van der Waals surface area contributed by atoms with Crippen LogP contribution >= 0.6 is 23.2 Å². The Kier molecular flexibility index (Phi) is 8.56. The fourth-order valence-corrected chi connectivity index (χ4v) is 3.26. The highest BCUT2D eigenvalue weighted by atomic mass is 35.5. The van der Waals surface area contributed by atoms with Crippen LogP contribution in [-0.4, -0.2) is 41.7 Å². The summed E-state index contributed by atoms with van der Waals surface area (Å²) in [5, 5.41) is 4.54. The summed E-state index contributed by atoms with van der Waals surface area (Å²) in [7, 11) is 1.40. The van der Waals surface area contributed by atoms with Crippen LogP contribution < -0.4 is 10.1 Å². The van der Waals surface area contributed by atoms with Crippen LogP contribution in [0.5, 0.6) is 5.88 Å². The van der Waals surface area contributed by atoms with E-state index in [1.165, 1.54) is 25.4 Å². The molecule has 34 heavy (non-hydrogen) atoms. The van der Waals surface area contributed by atoms with E-state index in [9.17, 15) is 9.59 Å². The average molecular weight is 504 g/mol. The molecule has 8 nitrogen and oxygen atoms in total. The van der Waals surface area contributed by atoms with E-state index >= 15 is 0 Å². The van der Waals surface area contributed by atoms with Crippen molar-refractivity contribution in [3.8, 4) is 5.88 Å². The molecule has 0 saturated heterocycles. The molecule has 3 rings (SSSR count). The second kappa shape index (κ2) is 11.6. The summed E-state index contributed by atoms with van der Waals surface area (Å²) in [6, 6.07) is 8.57. The number of pyridine rings is 1. The lowest BCUT2D eigenvalue weighted by Crippen LogP contribution is -2.26. The number of carbonyl (C=O) groups is 2. The predicted molar refractivity (Wildman–Crippen MR) is 132 cm³/mol. The van der Waals surface area contributed by atoms with E-state index in [1.54, 1.807) is 44.2 Å². The molecular weight excluding hydrogens is 481 g/mol. The van der Waals surface area contributed by atoms with Gasteiger partial charge in [0.25, 0.3) is 5.91 Å². The third kappa shape index (κ3) is 6.52. The molecule has 0 unspecified atom stereocenters. The van der Waals surface area contributed by atoms with Gasteiger partial charge in [-0.3, -0.25) is 4.79 Å². The molecule has 0 aliphatic rings. The van der Waals surface area contributed by atoms with Gasteiger partial charge in [0.1, 0.15) is 0 Å². The maximum atomic E-state index is 12.5. The smallest absolute Gasteiger partial charge is 0.347 e. The molecule has 0 aliphatic carbocycles. The molecule has 1 amide bonds. The van der Waals surface area contributed by atoms with Crippen molar-refractivity contribution < 1.29 is 23.8 Å². The van der Waals surface area contributed by atoms with Crippen molar-refractivity contribution in [3.63, 3.8) is 0 Å². The average Bonchev–Trinajstić information content (AvgIpc) is 3.19. The number of anilines is 1. The summed E-state index contributed by atoms with van der Waals surface area (Å²) < 4.78 is 15.5. The van der Waals surface area contributed by atoms with Crippen LogP contribution in [0.2, 0.25) is 10.0 Å². The summed E-state index contributed by atoms with van der Waals surface area (Å²) in [6.07, 6.45) is 5.61. The fraction of sp³-hybridized carbons (Fsp3) is 0.208. The number of hydrogen-bond acceptors (Lipinski definition) is 6. The minimum atomic E-state index is -0.797. The number of nitrogens with one attached hydrogen (secondary N) is 2. The van der Waals surface area contributed by atoms with Crippen molar-refractivity contribution in [2.24, 2.45) is 0 Å². The van der Waals surface area contributed by atoms with Gasteiger partial charge in [-0.05, 0) is 50.3 Å². The Hall–Kier alpha value is -3.49. The number of ether oxygens (including phenoxy) is 3. The zero-order valence-corrected chi connectivity index (χ0v) is 20.2. The Balaban J connectivity index is 1.62. The zero-order valence-electron chi connectivity index (χ0n) is 18.7. The first kappa shape index (κ1) is 25.1. The predicted octanol–water partition coefficient (Wildman–Crippen LogP) is 5.38. The molecule has 0 spiro atoms. The van der Waals surface area contributed by atoms with E-state index in [4.69, 9.17) is 37.4 Å². The van der Waals surface area contributed by atoms with Gasteiger partial charge < -0.3 is 24.5 Å². The number of aromatic nitrogens is 2. The van der Waals surface area contributed by atoms with E-state index in [2.05, 4.69) is 15.3 Å². The number of methoxy groups -OCH3 is 1. The maximum Gasteiger partial charge on any atom is 0.347 e. The molecule has 3 aromatic rings. The van der Waals surface area contributed by atoms with Gasteiger partial charge in [0.15, 0.2) is 11.9 Å². The van der Waals surface area contributed by atoms with Gasteiger partial charge in [-0.25, -0.2) is 9.78 Å². The molecule has 10 heteroatoms. The number of halogens is 2. The first-order valence-electron chi connectivity index (χ1n) is 10.3. The van der Waals surface area contributed by atoms with Crippen LogP contribution in [0.4, 0.5) is 5.69 Å². The normalized spacial score (nSPS) is 12.6. The van der Waals surface area contributed by atoms with Crippen molar-refractivity contribution in [1.82, 2.24) is 9.97 Å². The minimum Gasteiger partial charge on any atom is -0.491 e. The highest BCUT2D eigenvalue weighted by Crippen LogP contribution is 2.28. The molecule has 0 radical (unpaired) electrons. The number of esters is 1. The van der Waals surface area contributed by atoms with Crippen molar-refractivity contribution in [3.05, 3.63) is 70.2 Å². The molecule has 2 aromatic heterocycles. The van der Waals surface area contributed by atoms with Crippen LogP contribution in [0.25, 0.3) is 17.0 Å². The topological polar surface area (TPSA) is 103 Å². The molecule has 178 valence electrons. The lowest BCUT2D eigenvalue weighted by molar-refractivity contribution is -0.150. The van der Waals surface area contributed by atoms with Crippen LogP contribution in [0.15, 0.2) is 54.4 Å². The van der Waals surface area contributed by atoms with Gasteiger partial charge in [-0.2, -0.15) is 0 Å². The lowest BCUT2D eigenvalue weighted by Gasteiger charge is -2.13. The maximum absolute atomic E-state index is 12.5. The fourth-order valence-electron chi connectivity index (χ4n) is 2.92.